The first-order valence-corrected chi connectivity index (χ1v) is 10.2. The van der Waals surface area contributed by atoms with Gasteiger partial charge in [-0.25, -0.2) is 15.0 Å². The maximum absolute atomic E-state index is 14.0. The van der Waals surface area contributed by atoms with Crippen LogP contribution in [0.3, 0.4) is 0 Å². The molecule has 1 unspecified atom stereocenters. The lowest BCUT2D eigenvalue weighted by molar-refractivity contribution is -0.269. The predicted molar refractivity (Wildman–Crippen MR) is 103 cm³/mol. The molecule has 29 heavy (non-hydrogen) atoms. The van der Waals surface area contributed by atoms with Crippen LogP contribution in [0.5, 0.6) is 0 Å². The third kappa shape index (κ3) is 3.81. The van der Waals surface area contributed by atoms with Crippen LogP contribution < -0.4 is 10.8 Å². The van der Waals surface area contributed by atoms with Crippen LogP contribution >= 0.6 is 35.0 Å². The van der Waals surface area contributed by atoms with Crippen LogP contribution in [0.25, 0.3) is 5.82 Å². The third-order valence-corrected chi connectivity index (χ3v) is 6.12. The largest absolute Gasteiger partial charge is 0.428 e. The maximum atomic E-state index is 14.0. The number of carbonyl (C=O) groups excluding carboxylic acids is 1. The Labute approximate surface area is 177 Å². The zero-order valence-corrected chi connectivity index (χ0v) is 16.8. The normalized spacial score (nSPS) is 22.0. The highest BCUT2D eigenvalue weighted by Gasteiger charge is 2.60. The summed E-state index contributed by atoms with van der Waals surface area (Å²) in [7, 11) is 0. The number of carbonyl (C=O) groups is 1. The Hall–Kier alpha value is -1.88. The van der Waals surface area contributed by atoms with Gasteiger partial charge in [-0.05, 0) is 24.3 Å². The van der Waals surface area contributed by atoms with Crippen molar-refractivity contribution in [3.05, 3.63) is 57.8 Å². The summed E-state index contributed by atoms with van der Waals surface area (Å²) >= 11 is 13.5. The number of aromatic nitrogens is 2. The van der Waals surface area contributed by atoms with Crippen molar-refractivity contribution in [2.24, 2.45) is 0 Å². The molecule has 2 N–H and O–H groups in total. The Bertz CT molecular complexity index is 973. The van der Waals surface area contributed by atoms with Crippen molar-refractivity contribution >= 4 is 46.7 Å². The highest BCUT2D eigenvalue weighted by molar-refractivity contribution is 8.00. The van der Waals surface area contributed by atoms with Crippen molar-refractivity contribution in [1.82, 2.24) is 20.6 Å². The van der Waals surface area contributed by atoms with Crippen LogP contribution in [-0.4, -0.2) is 39.4 Å². The van der Waals surface area contributed by atoms with Gasteiger partial charge in [0.15, 0.2) is 11.5 Å². The average Bonchev–Trinajstić information content (AvgIpc) is 3.24. The van der Waals surface area contributed by atoms with E-state index < -0.39 is 17.7 Å². The number of thioether (sulfide) groups is 1. The van der Waals surface area contributed by atoms with Crippen molar-refractivity contribution in [1.29, 1.82) is 0 Å². The number of nitrogens with zero attached hydrogens (tertiary/aromatic N) is 2. The molecule has 1 aromatic carbocycles. The third-order valence-electron chi connectivity index (χ3n) is 4.41. The van der Waals surface area contributed by atoms with Crippen molar-refractivity contribution in [3.63, 3.8) is 0 Å². The van der Waals surface area contributed by atoms with E-state index in [4.69, 9.17) is 28.0 Å². The highest BCUT2D eigenvalue weighted by Crippen LogP contribution is 2.47. The molecular formula is C17H13Cl2F3N4O2S. The quantitative estimate of drug-likeness (QED) is 0.719. The Balaban J connectivity index is 1.66. The molecular weight excluding hydrogens is 452 g/mol. The Morgan fingerprint density at radius 2 is 2.00 bits per heavy atom. The van der Waals surface area contributed by atoms with E-state index in [2.05, 4.69) is 15.9 Å². The van der Waals surface area contributed by atoms with E-state index in [0.29, 0.717) is 0 Å². The van der Waals surface area contributed by atoms with Crippen LogP contribution in [0.2, 0.25) is 10.0 Å². The van der Waals surface area contributed by atoms with E-state index in [9.17, 15) is 18.0 Å². The molecule has 0 bridgehead atoms. The summed E-state index contributed by atoms with van der Waals surface area (Å²) in [5.41, 5.74) is -0.792. The number of amides is 1. The molecule has 154 valence electrons. The smallest absolute Gasteiger partial charge is 0.346 e. The molecule has 2 aliphatic rings. The molecule has 2 aliphatic heterocycles. The van der Waals surface area contributed by atoms with E-state index in [0.717, 1.165) is 34.4 Å². The molecule has 1 amide bonds. The Morgan fingerprint density at radius 1 is 1.31 bits per heavy atom. The van der Waals surface area contributed by atoms with Gasteiger partial charge in [0, 0.05) is 45.4 Å². The van der Waals surface area contributed by atoms with E-state index in [1.807, 2.05) is 0 Å². The number of hydrogen-bond acceptors (Lipinski definition) is 5. The first-order chi connectivity index (χ1) is 13.7. The van der Waals surface area contributed by atoms with Gasteiger partial charge in [0.1, 0.15) is 0 Å². The molecule has 4 rings (SSSR count). The lowest BCUT2D eigenvalue weighted by Gasteiger charge is -2.28. The average molecular weight is 465 g/mol. The van der Waals surface area contributed by atoms with Gasteiger partial charge in [-0.2, -0.15) is 30.0 Å². The number of rotatable bonds is 4. The van der Waals surface area contributed by atoms with Gasteiger partial charge in [-0.1, -0.05) is 23.2 Å². The van der Waals surface area contributed by atoms with Crippen molar-refractivity contribution in [2.45, 2.75) is 17.8 Å². The fraction of sp³-hybridized carbons (Fsp3) is 0.294. The van der Waals surface area contributed by atoms with Gasteiger partial charge in [-0.3, -0.25) is 4.79 Å². The Kier molecular flexibility index (Phi) is 5.22. The summed E-state index contributed by atoms with van der Waals surface area (Å²) in [6.07, 6.45) is -2.64. The van der Waals surface area contributed by atoms with E-state index in [-0.39, 0.29) is 33.2 Å². The second kappa shape index (κ2) is 7.42. The summed E-state index contributed by atoms with van der Waals surface area (Å²) < 4.78 is 43.1. The molecule has 0 saturated carbocycles. The first kappa shape index (κ1) is 20.4. The molecule has 6 nitrogen and oxygen atoms in total. The lowest BCUT2D eigenvalue weighted by Crippen LogP contribution is -2.44. The van der Waals surface area contributed by atoms with Crippen LogP contribution in [-0.2, 0) is 10.4 Å². The van der Waals surface area contributed by atoms with Gasteiger partial charge in [0.05, 0.1) is 0 Å². The number of nitrogens with one attached hydrogen (secondary N) is 2. The number of hydroxylamine groups is 1. The highest BCUT2D eigenvalue weighted by atomic mass is 35.5. The number of halogens is 5. The van der Waals surface area contributed by atoms with Gasteiger partial charge < -0.3 is 5.32 Å². The summed E-state index contributed by atoms with van der Waals surface area (Å²) in [6.45, 7) is 0. The minimum Gasteiger partial charge on any atom is -0.346 e. The molecule has 0 radical (unpaired) electrons. The molecule has 3 heterocycles. The van der Waals surface area contributed by atoms with Crippen molar-refractivity contribution in [3.8, 4) is 0 Å². The van der Waals surface area contributed by atoms with Crippen molar-refractivity contribution < 1.29 is 22.8 Å². The van der Waals surface area contributed by atoms with Gasteiger partial charge in [0.2, 0.25) is 5.60 Å². The van der Waals surface area contributed by atoms with Crippen LogP contribution in [0, 0.1) is 0 Å². The molecule has 12 heteroatoms. The fourth-order valence-electron chi connectivity index (χ4n) is 2.87. The molecule has 1 fully saturated rings. The second-order valence-corrected chi connectivity index (χ2v) is 8.43. The van der Waals surface area contributed by atoms with E-state index in [1.54, 1.807) is 11.8 Å². The zero-order chi connectivity index (χ0) is 20.8. The van der Waals surface area contributed by atoms with E-state index in [1.165, 1.54) is 18.3 Å². The lowest BCUT2D eigenvalue weighted by atomic mass is 9.93. The predicted octanol–water partition coefficient (Wildman–Crippen LogP) is 3.83. The summed E-state index contributed by atoms with van der Waals surface area (Å²) in [5.74, 6) is 1.15. The SMILES string of the molecule is O=C(NC1CSC1)c1ccn(C2=CC(c3cc(Cl)cc(Cl)c3)(C(F)(F)F)ON2)n1. The standard InChI is InChI=1S/C17H13Cl2F3N4O2S/c18-10-3-9(4-11(19)5-10)16(17(20,21)22)6-14(25-28-16)26-2-1-13(24-26)15(27)23-12-7-29-8-12/h1-6,12,25H,7-8H2,(H,23,27). The van der Waals surface area contributed by atoms with Crippen LogP contribution in [0.4, 0.5) is 13.2 Å². The van der Waals surface area contributed by atoms with Crippen LogP contribution in [0.1, 0.15) is 16.1 Å². The molecule has 0 spiro atoms. The fourth-order valence-corrected chi connectivity index (χ4v) is 4.03. The molecule has 2 aromatic rings. The minimum atomic E-state index is -4.83. The zero-order valence-electron chi connectivity index (χ0n) is 14.5. The molecule has 0 aliphatic carbocycles. The number of benzene rings is 1. The first-order valence-electron chi connectivity index (χ1n) is 8.33. The monoisotopic (exact) mass is 464 g/mol. The molecule has 1 atom stereocenters. The molecule has 1 saturated heterocycles. The molecule has 1 aromatic heterocycles. The van der Waals surface area contributed by atoms with Crippen LogP contribution in [0.15, 0.2) is 36.5 Å². The van der Waals surface area contributed by atoms with E-state index >= 15 is 0 Å². The van der Waals surface area contributed by atoms with Gasteiger partial charge >= 0.3 is 6.18 Å². The second-order valence-electron chi connectivity index (χ2n) is 6.48. The summed E-state index contributed by atoms with van der Waals surface area (Å²) in [6, 6.07) is 5.06. The van der Waals surface area contributed by atoms with Gasteiger partial charge in [0.25, 0.3) is 5.91 Å². The topological polar surface area (TPSA) is 68.2 Å². The van der Waals surface area contributed by atoms with Gasteiger partial charge in [-0.15, -0.1) is 0 Å². The summed E-state index contributed by atoms with van der Waals surface area (Å²) in [4.78, 5) is 17.2. The number of alkyl halides is 3. The minimum absolute atomic E-state index is 0.0359. The van der Waals surface area contributed by atoms with Crippen molar-refractivity contribution in [2.75, 3.05) is 11.5 Å². The Morgan fingerprint density at radius 3 is 2.59 bits per heavy atom. The summed E-state index contributed by atoms with van der Waals surface area (Å²) in [5, 5.41) is 6.92. The maximum Gasteiger partial charge on any atom is 0.428 e. The number of hydrogen-bond donors (Lipinski definition) is 2.